The van der Waals surface area contributed by atoms with Gasteiger partial charge >= 0.3 is 0 Å². The molecule has 0 spiro atoms. The lowest BCUT2D eigenvalue weighted by atomic mass is 9.97. The molecule has 1 aromatic rings. The molecule has 5 heteroatoms. The third-order valence-corrected chi connectivity index (χ3v) is 3.91. The third kappa shape index (κ3) is 4.30. The number of nitrogens with one attached hydrogen (secondary N) is 1. The summed E-state index contributed by atoms with van der Waals surface area (Å²) in [6, 6.07) is 0. The summed E-state index contributed by atoms with van der Waals surface area (Å²) >= 11 is 0. The Hall–Kier alpha value is -0.910. The zero-order chi connectivity index (χ0) is 13.7. The van der Waals surface area contributed by atoms with Gasteiger partial charge in [0.1, 0.15) is 5.76 Å². The Labute approximate surface area is 115 Å². The number of piperidine rings is 1. The van der Waals surface area contributed by atoms with Crippen molar-refractivity contribution in [3.05, 3.63) is 17.3 Å². The lowest BCUT2D eigenvalue weighted by molar-refractivity contribution is 0.146. The molecule has 2 heterocycles. The van der Waals surface area contributed by atoms with Crippen molar-refractivity contribution in [3.8, 4) is 0 Å². The normalized spacial score (nSPS) is 18.1. The summed E-state index contributed by atoms with van der Waals surface area (Å²) in [5.41, 5.74) is 0.981. The maximum atomic E-state index is 8.90. The molecule has 0 aromatic carbocycles. The quantitative estimate of drug-likeness (QED) is 0.808. The molecule has 0 radical (unpaired) electrons. The van der Waals surface area contributed by atoms with Crippen molar-refractivity contribution in [2.24, 2.45) is 5.92 Å². The number of β-amino-alcohol motifs (C(OH)–C–C–N with tert-alkyl or cyclic N) is 1. The Morgan fingerprint density at radius 1 is 1.37 bits per heavy atom. The summed E-state index contributed by atoms with van der Waals surface area (Å²) in [5.74, 6) is 2.42. The van der Waals surface area contributed by atoms with Crippen molar-refractivity contribution in [1.82, 2.24) is 15.2 Å². The van der Waals surface area contributed by atoms with Crippen LogP contribution in [0.1, 0.15) is 30.2 Å². The van der Waals surface area contributed by atoms with Crippen LogP contribution in [0.4, 0.5) is 0 Å². The molecule has 19 heavy (non-hydrogen) atoms. The third-order valence-electron chi connectivity index (χ3n) is 3.91. The molecule has 2 rings (SSSR count). The number of aliphatic hydroxyl groups is 1. The topological polar surface area (TPSA) is 61.5 Å². The first-order chi connectivity index (χ1) is 9.19. The van der Waals surface area contributed by atoms with Gasteiger partial charge in [-0.25, -0.2) is 4.98 Å². The minimum Gasteiger partial charge on any atom is -0.444 e. The Bertz CT molecular complexity index is 365. The number of nitrogens with zero attached hydrogens (tertiary/aromatic N) is 2. The SMILES string of the molecule is Cc1nc(CNCC2CCN(CCO)CC2)oc1C. The van der Waals surface area contributed by atoms with Gasteiger partial charge in [-0.05, 0) is 52.2 Å². The molecule has 0 bridgehead atoms. The molecule has 0 amide bonds. The molecule has 1 fully saturated rings. The average Bonchev–Trinajstić information content (AvgIpc) is 2.71. The van der Waals surface area contributed by atoms with Crippen LogP contribution in [-0.2, 0) is 6.54 Å². The van der Waals surface area contributed by atoms with Crippen LogP contribution in [-0.4, -0.2) is 47.8 Å². The molecule has 0 aliphatic carbocycles. The molecule has 1 saturated heterocycles. The van der Waals surface area contributed by atoms with Crippen LogP contribution in [0.2, 0.25) is 0 Å². The van der Waals surface area contributed by atoms with Crippen molar-refractivity contribution in [1.29, 1.82) is 0 Å². The van der Waals surface area contributed by atoms with Gasteiger partial charge in [0.15, 0.2) is 0 Å². The number of aryl methyl sites for hydroxylation is 2. The van der Waals surface area contributed by atoms with E-state index in [9.17, 15) is 0 Å². The first-order valence-corrected chi connectivity index (χ1v) is 7.16. The molecular formula is C14H25N3O2. The number of aliphatic hydroxyl groups excluding tert-OH is 1. The van der Waals surface area contributed by atoms with Gasteiger partial charge in [0.2, 0.25) is 5.89 Å². The average molecular weight is 267 g/mol. The second-order valence-electron chi connectivity index (χ2n) is 5.39. The van der Waals surface area contributed by atoms with Crippen molar-refractivity contribution >= 4 is 0 Å². The largest absolute Gasteiger partial charge is 0.444 e. The van der Waals surface area contributed by atoms with Crippen LogP contribution in [0.5, 0.6) is 0 Å². The van der Waals surface area contributed by atoms with Gasteiger partial charge in [0.05, 0.1) is 18.8 Å². The van der Waals surface area contributed by atoms with Crippen LogP contribution in [0.15, 0.2) is 4.42 Å². The van der Waals surface area contributed by atoms with Gasteiger partial charge in [-0.3, -0.25) is 0 Å². The Kier molecular flexibility index (Phi) is 5.36. The van der Waals surface area contributed by atoms with Crippen molar-refractivity contribution < 1.29 is 9.52 Å². The molecule has 5 nitrogen and oxygen atoms in total. The Morgan fingerprint density at radius 2 is 2.11 bits per heavy atom. The molecule has 1 aliphatic heterocycles. The van der Waals surface area contributed by atoms with E-state index in [1.54, 1.807) is 0 Å². The van der Waals surface area contributed by atoms with Gasteiger partial charge in [0.25, 0.3) is 0 Å². The number of hydrogen-bond donors (Lipinski definition) is 2. The number of aromatic nitrogens is 1. The van der Waals surface area contributed by atoms with E-state index in [0.717, 1.165) is 49.4 Å². The summed E-state index contributed by atoms with van der Waals surface area (Å²) in [4.78, 5) is 6.69. The van der Waals surface area contributed by atoms with Crippen molar-refractivity contribution in [2.45, 2.75) is 33.2 Å². The van der Waals surface area contributed by atoms with Crippen LogP contribution >= 0.6 is 0 Å². The molecule has 108 valence electrons. The number of hydrogen-bond acceptors (Lipinski definition) is 5. The minimum atomic E-state index is 0.270. The number of oxazole rings is 1. The monoisotopic (exact) mass is 267 g/mol. The summed E-state index contributed by atoms with van der Waals surface area (Å²) in [5, 5.41) is 12.3. The fourth-order valence-electron chi connectivity index (χ4n) is 2.55. The van der Waals surface area contributed by atoms with Crippen LogP contribution in [0, 0.1) is 19.8 Å². The molecule has 1 aromatic heterocycles. The fourth-order valence-corrected chi connectivity index (χ4v) is 2.55. The minimum absolute atomic E-state index is 0.270. The first kappa shape index (κ1) is 14.5. The highest BCUT2D eigenvalue weighted by molar-refractivity contribution is 5.05. The van der Waals surface area contributed by atoms with E-state index in [1.807, 2.05) is 13.8 Å². The summed E-state index contributed by atoms with van der Waals surface area (Å²) in [6.07, 6.45) is 2.41. The highest BCUT2D eigenvalue weighted by atomic mass is 16.4. The van der Waals surface area contributed by atoms with Crippen LogP contribution in [0.25, 0.3) is 0 Å². The van der Waals surface area contributed by atoms with Crippen molar-refractivity contribution in [2.75, 3.05) is 32.8 Å². The van der Waals surface area contributed by atoms with Gasteiger partial charge in [-0.15, -0.1) is 0 Å². The van der Waals surface area contributed by atoms with Gasteiger partial charge in [0, 0.05) is 6.54 Å². The van der Waals surface area contributed by atoms with Gasteiger partial charge in [-0.2, -0.15) is 0 Å². The van der Waals surface area contributed by atoms with E-state index in [4.69, 9.17) is 9.52 Å². The van der Waals surface area contributed by atoms with E-state index in [0.29, 0.717) is 6.54 Å². The number of rotatable bonds is 6. The predicted octanol–water partition coefficient (Wildman–Crippen LogP) is 1.09. The van der Waals surface area contributed by atoms with E-state index < -0.39 is 0 Å². The zero-order valence-corrected chi connectivity index (χ0v) is 12.0. The van der Waals surface area contributed by atoms with Gasteiger partial charge in [-0.1, -0.05) is 0 Å². The maximum Gasteiger partial charge on any atom is 0.208 e. The second-order valence-corrected chi connectivity index (χ2v) is 5.39. The van der Waals surface area contributed by atoms with E-state index in [2.05, 4.69) is 15.2 Å². The van der Waals surface area contributed by atoms with E-state index in [1.165, 1.54) is 12.8 Å². The molecule has 0 saturated carbocycles. The Morgan fingerprint density at radius 3 is 2.68 bits per heavy atom. The smallest absolute Gasteiger partial charge is 0.208 e. The lowest BCUT2D eigenvalue weighted by Gasteiger charge is -2.31. The lowest BCUT2D eigenvalue weighted by Crippen LogP contribution is -2.38. The van der Waals surface area contributed by atoms with Crippen LogP contribution < -0.4 is 5.32 Å². The standard InChI is InChI=1S/C14H25N3O2/c1-11-12(2)19-14(16-11)10-15-9-13-3-5-17(6-4-13)7-8-18/h13,15,18H,3-10H2,1-2H3. The highest BCUT2D eigenvalue weighted by Gasteiger charge is 2.18. The predicted molar refractivity (Wildman–Crippen MR) is 73.9 cm³/mol. The molecule has 1 aliphatic rings. The van der Waals surface area contributed by atoms with E-state index in [-0.39, 0.29) is 6.61 Å². The molecular weight excluding hydrogens is 242 g/mol. The Balaban J connectivity index is 1.64. The molecule has 0 unspecified atom stereocenters. The first-order valence-electron chi connectivity index (χ1n) is 7.16. The summed E-state index contributed by atoms with van der Waals surface area (Å²) in [7, 11) is 0. The van der Waals surface area contributed by atoms with Gasteiger partial charge < -0.3 is 19.7 Å². The number of likely N-dealkylation sites (tertiary alicyclic amines) is 1. The van der Waals surface area contributed by atoms with Crippen LogP contribution in [0.3, 0.4) is 0 Å². The second kappa shape index (κ2) is 7.03. The molecule has 2 N–H and O–H groups in total. The summed E-state index contributed by atoms with van der Waals surface area (Å²) < 4.78 is 5.54. The van der Waals surface area contributed by atoms with Crippen molar-refractivity contribution in [3.63, 3.8) is 0 Å². The fraction of sp³-hybridized carbons (Fsp3) is 0.786. The van der Waals surface area contributed by atoms with E-state index >= 15 is 0 Å². The zero-order valence-electron chi connectivity index (χ0n) is 12.0. The molecule has 0 atom stereocenters. The maximum absolute atomic E-state index is 8.90. The highest BCUT2D eigenvalue weighted by Crippen LogP contribution is 2.16. The summed E-state index contributed by atoms with van der Waals surface area (Å²) in [6.45, 7) is 8.94.